The number of hydrogen-bond donors (Lipinski definition) is 1. The zero-order valence-electron chi connectivity index (χ0n) is 9.28. The largest absolute Gasteiger partial charge is 0.370 e. The minimum absolute atomic E-state index is 0.329. The van der Waals surface area contributed by atoms with E-state index in [0.29, 0.717) is 16.5 Å². The molecule has 1 N–H and O–H groups in total. The van der Waals surface area contributed by atoms with Crippen molar-refractivity contribution >= 4 is 44.7 Å². The second-order valence-corrected chi connectivity index (χ2v) is 6.49. The van der Waals surface area contributed by atoms with Gasteiger partial charge in [0.1, 0.15) is 11.0 Å². The second-order valence-electron chi connectivity index (χ2n) is 3.56. The van der Waals surface area contributed by atoms with Gasteiger partial charge in [-0.05, 0) is 46.6 Å². The Kier molecular flexibility index (Phi) is 4.59. The maximum Gasteiger partial charge on any atom is 0.132 e. The Balaban J connectivity index is 1.94. The molecule has 0 aromatic carbocycles. The third-order valence-electron chi connectivity index (χ3n) is 2.23. The number of halogens is 2. The van der Waals surface area contributed by atoms with Gasteiger partial charge in [0.15, 0.2) is 0 Å². The number of nitrogens with zero attached hydrogens (tertiary/aromatic N) is 2. The molecule has 0 aliphatic carbocycles. The van der Waals surface area contributed by atoms with Crippen molar-refractivity contribution in [3.8, 4) is 6.07 Å². The lowest BCUT2D eigenvalue weighted by Gasteiger charge is -2.05. The smallest absolute Gasteiger partial charge is 0.132 e. The number of nitriles is 1. The molecule has 0 aliphatic heterocycles. The van der Waals surface area contributed by atoms with Crippen LogP contribution in [0.3, 0.4) is 0 Å². The molecule has 2 aromatic rings. The van der Waals surface area contributed by atoms with Gasteiger partial charge in [-0.3, -0.25) is 0 Å². The molecule has 3 nitrogen and oxygen atoms in total. The molecule has 0 unspecified atom stereocenters. The SMILES string of the molecule is N#Cc1cc(Cl)nc(NCCc2ccc(Br)s2)c1. The van der Waals surface area contributed by atoms with Gasteiger partial charge < -0.3 is 5.32 Å². The normalized spacial score (nSPS) is 10.1. The highest BCUT2D eigenvalue weighted by molar-refractivity contribution is 9.11. The summed E-state index contributed by atoms with van der Waals surface area (Å²) in [4.78, 5) is 5.40. The second kappa shape index (κ2) is 6.19. The van der Waals surface area contributed by atoms with E-state index >= 15 is 0 Å². The molecule has 0 spiro atoms. The Hall–Kier alpha value is -1.09. The van der Waals surface area contributed by atoms with Crippen molar-refractivity contribution in [2.24, 2.45) is 0 Å². The third-order valence-corrected chi connectivity index (χ3v) is 4.11. The third kappa shape index (κ3) is 3.70. The van der Waals surface area contributed by atoms with Gasteiger partial charge in [-0.25, -0.2) is 4.98 Å². The Bertz CT molecular complexity index is 591. The monoisotopic (exact) mass is 341 g/mol. The number of rotatable bonds is 4. The number of thiophene rings is 1. The number of hydrogen-bond acceptors (Lipinski definition) is 4. The summed E-state index contributed by atoms with van der Waals surface area (Å²) in [6.07, 6.45) is 0.909. The Morgan fingerprint density at radius 2 is 2.28 bits per heavy atom. The first-order valence-electron chi connectivity index (χ1n) is 5.23. The van der Waals surface area contributed by atoms with E-state index in [0.717, 1.165) is 16.8 Å². The molecule has 0 aliphatic rings. The van der Waals surface area contributed by atoms with Crippen LogP contribution >= 0.6 is 38.9 Å². The van der Waals surface area contributed by atoms with Gasteiger partial charge in [-0.2, -0.15) is 5.26 Å². The van der Waals surface area contributed by atoms with Crippen LogP contribution in [0.1, 0.15) is 10.4 Å². The summed E-state index contributed by atoms with van der Waals surface area (Å²) in [5.41, 5.74) is 0.511. The van der Waals surface area contributed by atoms with Crippen molar-refractivity contribution in [1.82, 2.24) is 4.98 Å². The van der Waals surface area contributed by atoms with Crippen LogP contribution in [0, 0.1) is 11.3 Å². The van der Waals surface area contributed by atoms with E-state index in [4.69, 9.17) is 16.9 Å². The molecule has 0 radical (unpaired) electrons. The van der Waals surface area contributed by atoms with Crippen LogP contribution in [0.15, 0.2) is 28.1 Å². The summed E-state index contributed by atoms with van der Waals surface area (Å²) in [6.45, 7) is 0.755. The fourth-order valence-corrected chi connectivity index (χ4v) is 3.14. The zero-order valence-corrected chi connectivity index (χ0v) is 12.4. The van der Waals surface area contributed by atoms with E-state index in [1.807, 2.05) is 6.07 Å². The van der Waals surface area contributed by atoms with Gasteiger partial charge in [-0.15, -0.1) is 11.3 Å². The summed E-state index contributed by atoms with van der Waals surface area (Å²) < 4.78 is 1.13. The zero-order chi connectivity index (χ0) is 13.0. The molecule has 6 heteroatoms. The molecule has 0 saturated heterocycles. The predicted molar refractivity (Wildman–Crippen MR) is 78.2 cm³/mol. The van der Waals surface area contributed by atoms with Crippen LogP contribution in [0.4, 0.5) is 5.82 Å². The van der Waals surface area contributed by atoms with Crippen LogP contribution in [0.25, 0.3) is 0 Å². The molecule has 18 heavy (non-hydrogen) atoms. The molecule has 2 aromatic heterocycles. The Labute approximate surface area is 123 Å². The van der Waals surface area contributed by atoms with E-state index in [-0.39, 0.29) is 0 Å². The average molecular weight is 343 g/mol. The van der Waals surface area contributed by atoms with E-state index < -0.39 is 0 Å². The van der Waals surface area contributed by atoms with Crippen LogP contribution in [0.2, 0.25) is 5.15 Å². The molecule has 0 saturated carbocycles. The van der Waals surface area contributed by atoms with Gasteiger partial charge in [0.2, 0.25) is 0 Å². The van der Waals surface area contributed by atoms with E-state index in [2.05, 4.69) is 38.4 Å². The maximum atomic E-state index is 8.82. The average Bonchev–Trinajstić information content (AvgIpc) is 2.74. The first-order chi connectivity index (χ1) is 8.67. The molecule has 2 rings (SSSR count). The number of aromatic nitrogens is 1. The van der Waals surface area contributed by atoms with Gasteiger partial charge in [0.05, 0.1) is 15.4 Å². The topological polar surface area (TPSA) is 48.7 Å². The van der Waals surface area contributed by atoms with Gasteiger partial charge >= 0.3 is 0 Å². The lowest BCUT2D eigenvalue weighted by Crippen LogP contribution is -2.05. The van der Waals surface area contributed by atoms with Crippen molar-refractivity contribution < 1.29 is 0 Å². The lowest BCUT2D eigenvalue weighted by molar-refractivity contribution is 1.03. The van der Waals surface area contributed by atoms with Crippen molar-refractivity contribution in [2.45, 2.75) is 6.42 Å². The molecule has 0 bridgehead atoms. The quantitative estimate of drug-likeness (QED) is 0.852. The molecule has 2 heterocycles. The fraction of sp³-hybridized carbons (Fsp3) is 0.167. The maximum absolute atomic E-state index is 8.82. The molecule has 0 fully saturated rings. The predicted octanol–water partition coefficient (Wildman–Crippen LogP) is 4.09. The van der Waals surface area contributed by atoms with Crippen molar-refractivity contribution in [3.05, 3.63) is 43.6 Å². The summed E-state index contributed by atoms with van der Waals surface area (Å²) in [7, 11) is 0. The molecule has 0 atom stereocenters. The van der Waals surface area contributed by atoms with Crippen molar-refractivity contribution in [2.75, 3.05) is 11.9 Å². The summed E-state index contributed by atoms with van der Waals surface area (Å²) in [5.74, 6) is 0.634. The van der Waals surface area contributed by atoms with Gasteiger partial charge in [0.25, 0.3) is 0 Å². The van der Waals surface area contributed by atoms with Crippen LogP contribution in [0.5, 0.6) is 0 Å². The van der Waals surface area contributed by atoms with Crippen LogP contribution in [-0.2, 0) is 6.42 Å². The molecular weight excluding hydrogens is 334 g/mol. The van der Waals surface area contributed by atoms with Gasteiger partial charge in [-0.1, -0.05) is 11.6 Å². The highest BCUT2D eigenvalue weighted by Gasteiger charge is 2.01. The highest BCUT2D eigenvalue weighted by atomic mass is 79.9. The van der Waals surface area contributed by atoms with Crippen LogP contribution in [-0.4, -0.2) is 11.5 Å². The molecule has 92 valence electrons. The highest BCUT2D eigenvalue weighted by Crippen LogP contribution is 2.22. The number of nitrogens with one attached hydrogen (secondary N) is 1. The molecule has 0 amide bonds. The van der Waals surface area contributed by atoms with E-state index in [9.17, 15) is 0 Å². The van der Waals surface area contributed by atoms with Crippen molar-refractivity contribution in [1.29, 1.82) is 5.26 Å². The fourth-order valence-electron chi connectivity index (χ4n) is 1.45. The van der Waals surface area contributed by atoms with E-state index in [1.54, 1.807) is 23.5 Å². The standard InChI is InChI=1S/C12H9BrClN3S/c13-10-2-1-9(18-10)3-4-16-12-6-8(7-15)5-11(14)17-12/h1-2,5-6H,3-4H2,(H,16,17). The van der Waals surface area contributed by atoms with Gasteiger partial charge in [0, 0.05) is 11.4 Å². The first kappa shape index (κ1) is 13.3. The van der Waals surface area contributed by atoms with Crippen LogP contribution < -0.4 is 5.32 Å². The lowest BCUT2D eigenvalue weighted by atomic mass is 10.3. The minimum atomic E-state index is 0.329. The van der Waals surface area contributed by atoms with Crippen molar-refractivity contribution in [3.63, 3.8) is 0 Å². The Morgan fingerprint density at radius 3 is 2.94 bits per heavy atom. The molecular formula is C12H9BrClN3S. The summed E-state index contributed by atoms with van der Waals surface area (Å²) in [6, 6.07) is 9.41. The summed E-state index contributed by atoms with van der Waals surface area (Å²) in [5, 5.41) is 12.3. The van der Waals surface area contributed by atoms with E-state index in [1.165, 1.54) is 4.88 Å². The first-order valence-corrected chi connectivity index (χ1v) is 7.22. The Morgan fingerprint density at radius 1 is 1.44 bits per heavy atom. The number of anilines is 1. The minimum Gasteiger partial charge on any atom is -0.370 e. The summed E-state index contributed by atoms with van der Waals surface area (Å²) >= 11 is 11.0. The number of pyridine rings is 1.